The lowest BCUT2D eigenvalue weighted by atomic mass is 9.85. The molecule has 1 unspecified atom stereocenters. The third kappa shape index (κ3) is 4.11. The molecule has 0 spiro atoms. The zero-order valence-corrected chi connectivity index (χ0v) is 12.4. The van der Waals surface area contributed by atoms with Crippen molar-refractivity contribution >= 4 is 20.0 Å². The summed E-state index contributed by atoms with van der Waals surface area (Å²) in [5, 5.41) is 7.24. The normalized spacial score (nSPS) is 13.4. The maximum absolute atomic E-state index is 11.5. The van der Waals surface area contributed by atoms with Gasteiger partial charge in [0.15, 0.2) is 5.60 Å². The van der Waals surface area contributed by atoms with Crippen molar-refractivity contribution in [3.05, 3.63) is 12.2 Å². The van der Waals surface area contributed by atoms with Crippen LogP contribution in [-0.2, 0) is 18.9 Å². The molecule has 6 nitrogen and oxygen atoms in total. The van der Waals surface area contributed by atoms with Crippen LogP contribution in [0.4, 0.5) is 0 Å². The molecule has 0 bridgehead atoms. The predicted octanol–water partition coefficient (Wildman–Crippen LogP) is 1.61. The molecule has 0 rings (SSSR count). The number of esters is 1. The zero-order valence-electron chi connectivity index (χ0n) is 11.5. The molecule has 0 saturated carbocycles. The van der Waals surface area contributed by atoms with Gasteiger partial charge in [-0.1, -0.05) is 18.4 Å². The van der Waals surface area contributed by atoms with Crippen molar-refractivity contribution in [2.75, 3.05) is 0 Å². The van der Waals surface area contributed by atoms with Crippen LogP contribution in [0.3, 0.4) is 0 Å². The van der Waals surface area contributed by atoms with E-state index in [1.807, 2.05) is 0 Å². The summed E-state index contributed by atoms with van der Waals surface area (Å²) in [6.45, 7) is 6.43. The molecule has 108 valence electrons. The molecular weight excluding hydrogens is 271 g/mol. The van der Waals surface area contributed by atoms with E-state index in [-0.39, 0.29) is 0 Å². The SMILES string of the molecule is CCC(CC)([P+](=O)[O-])C(C)(C)OC(=O)C=CC(=O)O. The summed E-state index contributed by atoms with van der Waals surface area (Å²) in [4.78, 5) is 33.3. The van der Waals surface area contributed by atoms with Crippen LogP contribution < -0.4 is 4.89 Å². The standard InChI is InChI=1S/C12H19O6P/c1-5-12(6-2,19(16)17)11(3,4)18-10(15)8-7-9(13)14/h7-8H,5-6H2,1-4H3,(H,13,14). The Morgan fingerprint density at radius 3 is 2.05 bits per heavy atom. The van der Waals surface area contributed by atoms with E-state index < -0.39 is 30.7 Å². The van der Waals surface area contributed by atoms with Crippen molar-refractivity contribution in [3.63, 3.8) is 0 Å². The van der Waals surface area contributed by atoms with Crippen LogP contribution in [0.2, 0.25) is 0 Å². The highest BCUT2D eigenvalue weighted by Gasteiger charge is 2.55. The van der Waals surface area contributed by atoms with E-state index in [0.29, 0.717) is 18.9 Å². The molecule has 0 fully saturated rings. The van der Waals surface area contributed by atoms with Crippen LogP contribution in [0.1, 0.15) is 40.5 Å². The fourth-order valence-electron chi connectivity index (χ4n) is 2.10. The summed E-state index contributed by atoms with van der Waals surface area (Å²) < 4.78 is 16.6. The number of carbonyl (C=O) groups is 2. The Morgan fingerprint density at radius 2 is 1.74 bits per heavy atom. The fourth-order valence-corrected chi connectivity index (χ4v) is 3.10. The molecule has 1 N–H and O–H groups in total. The van der Waals surface area contributed by atoms with Gasteiger partial charge >= 0.3 is 20.0 Å². The Hall–Kier alpha value is -1.26. The molecule has 7 heteroatoms. The number of hydrogen-bond donors (Lipinski definition) is 1. The summed E-state index contributed by atoms with van der Waals surface area (Å²) in [6.07, 6.45) is 2.00. The van der Waals surface area contributed by atoms with Crippen molar-refractivity contribution in [3.8, 4) is 0 Å². The Kier molecular flexibility index (Phi) is 6.33. The minimum Gasteiger partial charge on any atom is -0.595 e. The largest absolute Gasteiger partial charge is 0.595 e. The molecule has 0 aromatic rings. The molecular formula is C12H19O6P. The van der Waals surface area contributed by atoms with Crippen LogP contribution in [0.15, 0.2) is 12.2 Å². The Balaban J connectivity index is 5.19. The molecule has 0 heterocycles. The van der Waals surface area contributed by atoms with Gasteiger partial charge in [-0.2, -0.15) is 0 Å². The first-order valence-electron chi connectivity index (χ1n) is 5.91. The first-order valence-corrected chi connectivity index (χ1v) is 7.09. The van der Waals surface area contributed by atoms with Gasteiger partial charge in [-0.05, 0) is 26.7 Å². The van der Waals surface area contributed by atoms with Crippen LogP contribution in [0.25, 0.3) is 0 Å². The van der Waals surface area contributed by atoms with Crippen LogP contribution in [0.5, 0.6) is 0 Å². The third-order valence-corrected chi connectivity index (χ3v) is 5.23. The maximum Gasteiger partial charge on any atom is 0.331 e. The molecule has 0 aromatic carbocycles. The first kappa shape index (κ1) is 17.7. The van der Waals surface area contributed by atoms with Gasteiger partial charge in [0.1, 0.15) is 0 Å². The average Bonchev–Trinajstić information content (AvgIpc) is 2.27. The highest BCUT2D eigenvalue weighted by molar-refractivity contribution is 7.38. The Bertz CT molecular complexity index is 395. The molecule has 0 aliphatic heterocycles. The smallest absolute Gasteiger partial charge is 0.331 e. The van der Waals surface area contributed by atoms with Crippen LogP contribution >= 0.6 is 8.03 Å². The summed E-state index contributed by atoms with van der Waals surface area (Å²) in [6, 6.07) is 0. The molecule has 0 saturated heterocycles. The van der Waals surface area contributed by atoms with Gasteiger partial charge in [0.25, 0.3) is 0 Å². The van der Waals surface area contributed by atoms with E-state index in [9.17, 15) is 19.0 Å². The monoisotopic (exact) mass is 290 g/mol. The minimum atomic E-state index is -2.81. The minimum absolute atomic E-state index is 0.297. The van der Waals surface area contributed by atoms with Crippen molar-refractivity contribution in [2.24, 2.45) is 0 Å². The van der Waals surface area contributed by atoms with Crippen molar-refractivity contribution in [2.45, 2.75) is 51.3 Å². The van der Waals surface area contributed by atoms with Crippen LogP contribution in [0, 0.1) is 0 Å². The fraction of sp³-hybridized carbons (Fsp3) is 0.667. The van der Waals surface area contributed by atoms with Gasteiger partial charge in [-0.25, -0.2) is 9.59 Å². The summed E-state index contributed by atoms with van der Waals surface area (Å²) in [7, 11) is -2.81. The van der Waals surface area contributed by atoms with E-state index >= 15 is 0 Å². The molecule has 19 heavy (non-hydrogen) atoms. The number of carboxylic acids is 1. The summed E-state index contributed by atoms with van der Waals surface area (Å²) in [5.74, 6) is -2.16. The van der Waals surface area contributed by atoms with Gasteiger partial charge < -0.3 is 14.7 Å². The lowest BCUT2D eigenvalue weighted by Crippen LogP contribution is -2.50. The Morgan fingerprint density at radius 1 is 1.26 bits per heavy atom. The van der Waals surface area contributed by atoms with E-state index in [0.717, 1.165) is 6.08 Å². The van der Waals surface area contributed by atoms with Crippen molar-refractivity contribution in [1.82, 2.24) is 0 Å². The van der Waals surface area contributed by atoms with Gasteiger partial charge in [0.05, 0.1) is 0 Å². The summed E-state index contributed by atoms with van der Waals surface area (Å²) >= 11 is 0. The van der Waals surface area contributed by atoms with Gasteiger partial charge in [0.2, 0.25) is 5.16 Å². The van der Waals surface area contributed by atoms with E-state index in [2.05, 4.69) is 0 Å². The van der Waals surface area contributed by atoms with Gasteiger partial charge in [-0.3, -0.25) is 0 Å². The van der Waals surface area contributed by atoms with E-state index in [1.165, 1.54) is 13.8 Å². The molecule has 0 amide bonds. The number of ether oxygens (including phenoxy) is 1. The highest BCUT2D eigenvalue weighted by atomic mass is 31.1. The number of hydrogen-bond acceptors (Lipinski definition) is 5. The maximum atomic E-state index is 11.5. The molecule has 0 aliphatic rings. The van der Waals surface area contributed by atoms with Crippen LogP contribution in [-0.4, -0.2) is 27.8 Å². The predicted molar refractivity (Wildman–Crippen MR) is 67.9 cm³/mol. The average molecular weight is 290 g/mol. The van der Waals surface area contributed by atoms with Crippen molar-refractivity contribution < 1.29 is 28.9 Å². The molecule has 0 aliphatic carbocycles. The topological polar surface area (TPSA) is 104 Å². The van der Waals surface area contributed by atoms with E-state index in [1.54, 1.807) is 13.8 Å². The second-order valence-corrected chi connectivity index (χ2v) is 5.97. The lowest BCUT2D eigenvalue weighted by molar-refractivity contribution is -0.181. The quantitative estimate of drug-likeness (QED) is 0.434. The lowest BCUT2D eigenvalue weighted by Gasteiger charge is -2.37. The molecule has 1 atom stereocenters. The van der Waals surface area contributed by atoms with Crippen molar-refractivity contribution in [1.29, 1.82) is 0 Å². The number of carbonyl (C=O) groups excluding carboxylic acids is 1. The molecule has 0 radical (unpaired) electrons. The third-order valence-electron chi connectivity index (χ3n) is 3.36. The van der Waals surface area contributed by atoms with Gasteiger partial charge in [-0.15, -0.1) is 0 Å². The first-order chi connectivity index (χ1) is 8.63. The second kappa shape index (κ2) is 6.78. The number of rotatable bonds is 7. The second-order valence-electron chi connectivity index (χ2n) is 4.60. The summed E-state index contributed by atoms with van der Waals surface area (Å²) in [5.41, 5.74) is -1.24. The zero-order chi connectivity index (χ0) is 15.3. The number of carboxylic acid groups (broad SMARTS) is 1. The molecule has 0 aromatic heterocycles. The van der Waals surface area contributed by atoms with E-state index in [4.69, 9.17) is 9.84 Å². The highest BCUT2D eigenvalue weighted by Crippen LogP contribution is 2.48. The Labute approximate surface area is 113 Å². The van der Waals surface area contributed by atoms with Gasteiger partial charge in [0, 0.05) is 12.2 Å². The number of aliphatic carboxylic acids is 1.